The molecule has 2 aliphatic rings. The Labute approximate surface area is 227 Å². The summed E-state index contributed by atoms with van der Waals surface area (Å²) in [6.07, 6.45) is -1.70. The van der Waals surface area contributed by atoms with Crippen LogP contribution in [0.25, 0.3) is 0 Å². The highest BCUT2D eigenvalue weighted by Gasteiger charge is 2.56. The van der Waals surface area contributed by atoms with E-state index in [0.717, 1.165) is 32.6 Å². The number of hydrogen-bond donors (Lipinski definition) is 0. The summed E-state index contributed by atoms with van der Waals surface area (Å²) in [6.45, 7) is 7.16. The second-order valence-corrected chi connectivity index (χ2v) is 9.49. The third-order valence-corrected chi connectivity index (χ3v) is 6.56. The number of ether oxygens (including phenoxy) is 6. The highest BCUT2D eigenvalue weighted by atomic mass is 19.4. The van der Waals surface area contributed by atoms with Gasteiger partial charge >= 0.3 is 30.1 Å². The number of halogens is 3. The normalized spacial score (nSPS) is 21.2. The van der Waals surface area contributed by atoms with Crippen molar-refractivity contribution in [3.05, 3.63) is 0 Å². The quantitative estimate of drug-likeness (QED) is 0.163. The third kappa shape index (κ3) is 11.7. The van der Waals surface area contributed by atoms with Crippen LogP contribution in [0.15, 0.2) is 0 Å². The summed E-state index contributed by atoms with van der Waals surface area (Å²) in [5.74, 6) is -2.23. The molecule has 0 aliphatic carbocycles. The minimum absolute atomic E-state index is 0.0169. The fraction of sp³-hybridized carbons (Fsp3) is 0.846. The SMILES string of the molecule is CCC(C)(C(=O)OCCOC1CCOC1=O)C(F)(F)F.CCC(C)C(=O)OCCCCCOC1CCOC1=O. The molecule has 0 radical (unpaired) electrons. The fourth-order valence-corrected chi connectivity index (χ4v) is 3.29. The van der Waals surface area contributed by atoms with E-state index in [1.165, 1.54) is 6.92 Å². The van der Waals surface area contributed by atoms with Crippen LogP contribution in [0.2, 0.25) is 0 Å². The third-order valence-electron chi connectivity index (χ3n) is 6.56. The number of alkyl halides is 3. The first-order chi connectivity index (χ1) is 18.4. The molecule has 0 aromatic heterocycles. The van der Waals surface area contributed by atoms with E-state index in [-0.39, 0.29) is 43.8 Å². The molecule has 10 nitrogen and oxygen atoms in total. The van der Waals surface area contributed by atoms with Crippen molar-refractivity contribution in [1.82, 2.24) is 0 Å². The lowest BCUT2D eigenvalue weighted by atomic mass is 9.87. The number of cyclic esters (lactones) is 2. The van der Waals surface area contributed by atoms with Crippen LogP contribution in [0.4, 0.5) is 13.2 Å². The molecule has 2 heterocycles. The Bertz CT molecular complexity index is 788. The molecule has 4 unspecified atom stereocenters. The Morgan fingerprint density at radius 3 is 1.87 bits per heavy atom. The van der Waals surface area contributed by atoms with Crippen molar-refractivity contribution < 1.29 is 60.8 Å². The summed E-state index contributed by atoms with van der Waals surface area (Å²) in [4.78, 5) is 45.0. The van der Waals surface area contributed by atoms with Crippen molar-refractivity contribution in [3.8, 4) is 0 Å². The Morgan fingerprint density at radius 1 is 0.872 bits per heavy atom. The largest absolute Gasteiger partial charge is 0.465 e. The second-order valence-electron chi connectivity index (χ2n) is 9.49. The van der Waals surface area contributed by atoms with Gasteiger partial charge in [-0.1, -0.05) is 20.8 Å². The topological polar surface area (TPSA) is 124 Å². The predicted octanol–water partition coefficient (Wildman–Crippen LogP) is 3.92. The highest BCUT2D eigenvalue weighted by Crippen LogP contribution is 2.41. The lowest BCUT2D eigenvalue weighted by Crippen LogP contribution is -2.43. The van der Waals surface area contributed by atoms with E-state index in [4.69, 9.17) is 18.9 Å². The molecule has 2 aliphatic heterocycles. The Hall–Kier alpha value is -2.41. The number of carbonyl (C=O) groups is 4. The molecule has 0 aromatic rings. The lowest BCUT2D eigenvalue weighted by Gasteiger charge is -2.28. The molecular formula is C26H41F3O10. The molecule has 2 fully saturated rings. The minimum atomic E-state index is -4.67. The minimum Gasteiger partial charge on any atom is -0.465 e. The summed E-state index contributed by atoms with van der Waals surface area (Å²) < 4.78 is 67.9. The van der Waals surface area contributed by atoms with E-state index in [2.05, 4.69) is 9.47 Å². The summed E-state index contributed by atoms with van der Waals surface area (Å²) in [6, 6.07) is 0. The maximum atomic E-state index is 12.8. The van der Waals surface area contributed by atoms with Crippen molar-refractivity contribution in [2.75, 3.05) is 39.6 Å². The zero-order valence-corrected chi connectivity index (χ0v) is 23.1. The van der Waals surface area contributed by atoms with Crippen LogP contribution in [-0.2, 0) is 47.6 Å². The van der Waals surface area contributed by atoms with Gasteiger partial charge in [0, 0.05) is 19.4 Å². The zero-order chi connectivity index (χ0) is 29.5. The molecule has 0 N–H and O–H groups in total. The summed E-state index contributed by atoms with van der Waals surface area (Å²) in [5, 5.41) is 0. The summed E-state index contributed by atoms with van der Waals surface area (Å²) >= 11 is 0. The van der Waals surface area contributed by atoms with Gasteiger partial charge in [-0.2, -0.15) is 13.2 Å². The van der Waals surface area contributed by atoms with Crippen LogP contribution in [0.3, 0.4) is 0 Å². The number of rotatable bonds is 15. The van der Waals surface area contributed by atoms with Gasteiger partial charge in [-0.15, -0.1) is 0 Å². The molecule has 0 aromatic carbocycles. The van der Waals surface area contributed by atoms with Gasteiger partial charge in [0.15, 0.2) is 17.6 Å². The molecule has 39 heavy (non-hydrogen) atoms. The zero-order valence-electron chi connectivity index (χ0n) is 23.1. The summed E-state index contributed by atoms with van der Waals surface area (Å²) in [5.41, 5.74) is -2.53. The van der Waals surface area contributed by atoms with Crippen molar-refractivity contribution in [2.45, 2.75) is 91.0 Å². The number of hydrogen-bond acceptors (Lipinski definition) is 10. The van der Waals surface area contributed by atoms with Crippen LogP contribution in [0.5, 0.6) is 0 Å². The number of carbonyl (C=O) groups excluding carboxylic acids is 4. The Balaban J connectivity index is 0.000000391. The van der Waals surface area contributed by atoms with Crippen molar-refractivity contribution in [1.29, 1.82) is 0 Å². The van der Waals surface area contributed by atoms with Gasteiger partial charge in [-0.05, 0) is 39.0 Å². The van der Waals surface area contributed by atoms with Gasteiger partial charge in [-0.3, -0.25) is 9.59 Å². The first kappa shape index (κ1) is 34.6. The van der Waals surface area contributed by atoms with Crippen molar-refractivity contribution in [2.24, 2.45) is 11.3 Å². The van der Waals surface area contributed by atoms with Crippen molar-refractivity contribution in [3.63, 3.8) is 0 Å². The smallest absolute Gasteiger partial charge is 0.404 e. The van der Waals surface area contributed by atoms with E-state index in [1.807, 2.05) is 13.8 Å². The van der Waals surface area contributed by atoms with Crippen LogP contribution >= 0.6 is 0 Å². The molecular weight excluding hydrogens is 529 g/mol. The summed E-state index contributed by atoms with van der Waals surface area (Å²) in [7, 11) is 0. The maximum absolute atomic E-state index is 12.8. The Morgan fingerprint density at radius 2 is 1.41 bits per heavy atom. The van der Waals surface area contributed by atoms with E-state index < -0.39 is 36.1 Å². The number of esters is 4. The second kappa shape index (κ2) is 17.3. The average molecular weight is 571 g/mol. The molecule has 2 saturated heterocycles. The molecule has 13 heteroatoms. The highest BCUT2D eigenvalue weighted by molar-refractivity contribution is 5.77. The van der Waals surface area contributed by atoms with E-state index in [0.29, 0.717) is 32.7 Å². The van der Waals surface area contributed by atoms with Crippen molar-refractivity contribution >= 4 is 23.9 Å². The Kier molecular flexibility index (Phi) is 15.4. The van der Waals surface area contributed by atoms with Gasteiger partial charge in [0.05, 0.1) is 32.3 Å². The number of unbranched alkanes of at least 4 members (excludes halogenated alkanes) is 2. The van der Waals surface area contributed by atoms with Gasteiger partial charge in [0.25, 0.3) is 0 Å². The first-order valence-corrected chi connectivity index (χ1v) is 13.3. The van der Waals surface area contributed by atoms with Crippen LogP contribution in [0.1, 0.15) is 72.6 Å². The standard InChI is InChI=1S/C14H24O5.C12H17F3O5/c1-3-11(2)13(15)18-9-6-4-5-8-17-12-7-10-19-14(12)16;1-3-11(2,12(13,14)15)10(17)20-7-6-18-8-4-5-19-9(8)16/h11-12H,3-10H2,1-2H3;8H,3-7H2,1-2H3. The monoisotopic (exact) mass is 570 g/mol. The van der Waals surface area contributed by atoms with Crippen LogP contribution < -0.4 is 0 Å². The fourth-order valence-electron chi connectivity index (χ4n) is 3.29. The molecule has 4 atom stereocenters. The lowest BCUT2D eigenvalue weighted by molar-refractivity contribution is -0.231. The van der Waals surface area contributed by atoms with E-state index in [1.54, 1.807) is 0 Å². The van der Waals surface area contributed by atoms with Gasteiger partial charge in [0.2, 0.25) is 0 Å². The van der Waals surface area contributed by atoms with E-state index >= 15 is 0 Å². The van der Waals surface area contributed by atoms with Gasteiger partial charge in [0.1, 0.15) is 6.61 Å². The molecule has 0 bridgehead atoms. The van der Waals surface area contributed by atoms with E-state index in [9.17, 15) is 32.3 Å². The van der Waals surface area contributed by atoms with Crippen LogP contribution in [-0.4, -0.2) is 81.9 Å². The molecule has 2 rings (SSSR count). The average Bonchev–Trinajstić information content (AvgIpc) is 3.51. The van der Waals surface area contributed by atoms with Gasteiger partial charge in [-0.25, -0.2) is 9.59 Å². The predicted molar refractivity (Wildman–Crippen MR) is 130 cm³/mol. The maximum Gasteiger partial charge on any atom is 0.404 e. The molecule has 0 spiro atoms. The molecule has 0 amide bonds. The molecule has 226 valence electrons. The molecule has 0 saturated carbocycles. The van der Waals surface area contributed by atoms with Crippen LogP contribution in [0, 0.1) is 11.3 Å². The van der Waals surface area contributed by atoms with Gasteiger partial charge < -0.3 is 28.4 Å². The first-order valence-electron chi connectivity index (χ1n) is 13.3.